The van der Waals surface area contributed by atoms with Crippen LogP contribution in [0.3, 0.4) is 0 Å². The van der Waals surface area contributed by atoms with E-state index in [9.17, 15) is 13.2 Å². The SMILES string of the molecule is NC(=NCc1ccncc1)[C@@H]1CC[C@@H]2CN1C(=O)N2OS(=O)(=O)O. The lowest BCUT2D eigenvalue weighted by Gasteiger charge is -2.29. The molecule has 2 aliphatic rings. The van der Waals surface area contributed by atoms with Crippen LogP contribution in [0.15, 0.2) is 29.5 Å². The summed E-state index contributed by atoms with van der Waals surface area (Å²) in [6, 6.07) is 2.11. The van der Waals surface area contributed by atoms with Crippen LogP contribution in [-0.4, -0.2) is 58.4 Å². The summed E-state index contributed by atoms with van der Waals surface area (Å²) in [6.07, 6.45) is 4.34. The lowest BCUT2D eigenvalue weighted by atomic mass is 10.0. The van der Waals surface area contributed by atoms with Gasteiger partial charge in [0, 0.05) is 18.9 Å². The van der Waals surface area contributed by atoms with E-state index in [1.807, 2.05) is 12.1 Å². The van der Waals surface area contributed by atoms with Crippen LogP contribution in [0.1, 0.15) is 18.4 Å². The summed E-state index contributed by atoms with van der Waals surface area (Å²) >= 11 is 0. The third kappa shape index (κ3) is 3.47. The van der Waals surface area contributed by atoms with Gasteiger partial charge in [-0.15, -0.1) is 4.28 Å². The molecule has 0 radical (unpaired) electrons. The summed E-state index contributed by atoms with van der Waals surface area (Å²) < 4.78 is 34.9. The molecule has 0 saturated carbocycles. The number of carbonyl (C=O) groups excluding carboxylic acids is 1. The molecule has 2 fully saturated rings. The molecule has 0 aromatic carbocycles. The van der Waals surface area contributed by atoms with Crippen LogP contribution in [0.2, 0.25) is 0 Å². The molecule has 11 heteroatoms. The zero-order valence-corrected chi connectivity index (χ0v) is 13.5. The molecule has 0 aliphatic carbocycles. The number of nitrogens with two attached hydrogens (primary N) is 1. The summed E-state index contributed by atoms with van der Waals surface area (Å²) in [7, 11) is -4.75. The van der Waals surface area contributed by atoms with E-state index >= 15 is 0 Å². The average molecular weight is 355 g/mol. The number of amides is 2. The van der Waals surface area contributed by atoms with Crippen LogP contribution in [0, 0.1) is 0 Å². The van der Waals surface area contributed by atoms with Gasteiger partial charge in [-0.25, -0.2) is 4.79 Å². The van der Waals surface area contributed by atoms with Crippen molar-refractivity contribution in [3.8, 4) is 0 Å². The zero-order valence-electron chi connectivity index (χ0n) is 12.6. The number of hydrogen-bond acceptors (Lipinski definition) is 6. The van der Waals surface area contributed by atoms with Gasteiger partial charge in [-0.1, -0.05) is 0 Å². The number of amidine groups is 1. The Labute approximate surface area is 138 Å². The molecule has 24 heavy (non-hydrogen) atoms. The molecule has 0 unspecified atom stereocenters. The number of nitrogens with zero attached hydrogens (tertiary/aromatic N) is 4. The Hall–Kier alpha value is -2.24. The molecule has 1 aromatic heterocycles. The molecule has 2 atom stereocenters. The first-order valence-electron chi connectivity index (χ1n) is 7.31. The quantitative estimate of drug-likeness (QED) is 0.428. The van der Waals surface area contributed by atoms with E-state index in [4.69, 9.17) is 10.3 Å². The molecule has 1 aromatic rings. The number of hydrogen-bond donors (Lipinski definition) is 2. The number of aliphatic imine (C=N–C) groups is 1. The third-order valence-electron chi connectivity index (χ3n) is 4.03. The minimum absolute atomic E-state index is 0.268. The monoisotopic (exact) mass is 355 g/mol. The Bertz CT molecular complexity index is 753. The summed E-state index contributed by atoms with van der Waals surface area (Å²) in [5.74, 6) is 0.298. The molecule has 3 heterocycles. The minimum Gasteiger partial charge on any atom is -0.386 e. The predicted molar refractivity (Wildman–Crippen MR) is 82.9 cm³/mol. The van der Waals surface area contributed by atoms with E-state index in [2.05, 4.69) is 14.3 Å². The Balaban J connectivity index is 1.71. The zero-order chi connectivity index (χ0) is 17.3. The highest BCUT2D eigenvalue weighted by molar-refractivity contribution is 7.80. The smallest absolute Gasteiger partial charge is 0.386 e. The van der Waals surface area contributed by atoms with Crippen LogP contribution in [0.25, 0.3) is 0 Å². The van der Waals surface area contributed by atoms with Crippen molar-refractivity contribution in [3.05, 3.63) is 30.1 Å². The van der Waals surface area contributed by atoms with Crippen molar-refractivity contribution in [2.24, 2.45) is 10.7 Å². The van der Waals surface area contributed by atoms with Crippen molar-refractivity contribution >= 4 is 22.3 Å². The van der Waals surface area contributed by atoms with Crippen LogP contribution >= 0.6 is 0 Å². The summed E-state index contributed by atoms with van der Waals surface area (Å²) in [5.41, 5.74) is 6.97. The maximum Gasteiger partial charge on any atom is 0.418 e. The van der Waals surface area contributed by atoms with Gasteiger partial charge in [0.25, 0.3) is 0 Å². The largest absolute Gasteiger partial charge is 0.418 e. The van der Waals surface area contributed by atoms with Crippen molar-refractivity contribution < 1.29 is 22.0 Å². The van der Waals surface area contributed by atoms with E-state index in [0.717, 1.165) is 5.56 Å². The summed E-state index contributed by atoms with van der Waals surface area (Å²) in [5, 5.41) is 0.686. The molecule has 10 nitrogen and oxygen atoms in total. The Morgan fingerprint density at radius 2 is 2.12 bits per heavy atom. The normalized spacial score (nSPS) is 24.5. The van der Waals surface area contributed by atoms with Gasteiger partial charge in [0.15, 0.2) is 0 Å². The molecule has 2 aliphatic heterocycles. The average Bonchev–Trinajstić information content (AvgIpc) is 2.77. The predicted octanol–water partition coefficient (Wildman–Crippen LogP) is -0.0582. The molecule has 0 spiro atoms. The number of fused-ring (bicyclic) bond motifs is 2. The fraction of sp³-hybridized carbons (Fsp3) is 0.462. The fourth-order valence-corrected chi connectivity index (χ4v) is 3.30. The van der Waals surface area contributed by atoms with Gasteiger partial charge in [0.05, 0.1) is 18.6 Å². The van der Waals surface area contributed by atoms with E-state index < -0.39 is 28.5 Å². The second-order valence-electron chi connectivity index (χ2n) is 5.61. The number of pyridine rings is 1. The van der Waals surface area contributed by atoms with Crippen molar-refractivity contribution in [2.45, 2.75) is 31.5 Å². The molecule has 2 amide bonds. The molecule has 2 bridgehead atoms. The molecular weight excluding hydrogens is 338 g/mol. The van der Waals surface area contributed by atoms with E-state index in [-0.39, 0.29) is 6.54 Å². The Morgan fingerprint density at radius 1 is 1.42 bits per heavy atom. The number of piperidine rings is 1. The highest BCUT2D eigenvalue weighted by Gasteiger charge is 2.48. The maximum atomic E-state index is 12.3. The van der Waals surface area contributed by atoms with Gasteiger partial charge in [0.1, 0.15) is 5.84 Å². The Kier molecular flexibility index (Phi) is 4.39. The van der Waals surface area contributed by atoms with Gasteiger partial charge >= 0.3 is 16.4 Å². The van der Waals surface area contributed by atoms with Crippen molar-refractivity contribution in [1.82, 2.24) is 14.9 Å². The molecule has 2 saturated heterocycles. The molecule has 3 N–H and O–H groups in total. The topological polar surface area (TPSA) is 138 Å². The van der Waals surface area contributed by atoms with Crippen molar-refractivity contribution in [3.63, 3.8) is 0 Å². The molecule has 3 rings (SSSR count). The molecular formula is C13H17N5O5S. The van der Waals surface area contributed by atoms with Crippen LogP contribution in [0.4, 0.5) is 4.79 Å². The standard InChI is InChI=1S/C13H17N5O5S/c14-12(16-7-9-3-5-15-6-4-9)11-2-1-10-8-17(11)13(19)18(10)23-24(20,21)22/h3-6,10-11H,1-2,7-8H2,(H2,14,16)(H,20,21,22)/t10-,11+/m1/s1. The first kappa shape index (κ1) is 16.6. The van der Waals surface area contributed by atoms with Gasteiger partial charge in [0.2, 0.25) is 0 Å². The second-order valence-corrected chi connectivity index (χ2v) is 6.61. The fourth-order valence-electron chi connectivity index (χ4n) is 2.92. The van der Waals surface area contributed by atoms with Crippen molar-refractivity contribution in [1.29, 1.82) is 0 Å². The van der Waals surface area contributed by atoms with E-state index in [1.165, 1.54) is 4.90 Å². The number of hydroxylamine groups is 2. The van der Waals surface area contributed by atoms with Crippen LogP contribution in [0.5, 0.6) is 0 Å². The number of carbonyl (C=O) groups is 1. The summed E-state index contributed by atoms with van der Waals surface area (Å²) in [6.45, 7) is 0.631. The van der Waals surface area contributed by atoms with E-state index in [0.29, 0.717) is 30.3 Å². The van der Waals surface area contributed by atoms with Gasteiger partial charge < -0.3 is 10.6 Å². The minimum atomic E-state index is -4.75. The highest BCUT2D eigenvalue weighted by Crippen LogP contribution is 2.30. The van der Waals surface area contributed by atoms with Gasteiger partial charge in [-0.3, -0.25) is 14.5 Å². The Morgan fingerprint density at radius 3 is 2.79 bits per heavy atom. The third-order valence-corrected chi connectivity index (χ3v) is 4.38. The lowest BCUT2D eigenvalue weighted by Crippen LogP contribution is -2.48. The highest BCUT2D eigenvalue weighted by atomic mass is 32.3. The number of aromatic nitrogens is 1. The van der Waals surface area contributed by atoms with Crippen LogP contribution in [-0.2, 0) is 21.2 Å². The summed E-state index contributed by atoms with van der Waals surface area (Å²) in [4.78, 5) is 21.9. The lowest BCUT2D eigenvalue weighted by molar-refractivity contribution is -0.0316. The maximum absolute atomic E-state index is 12.3. The molecule has 130 valence electrons. The van der Waals surface area contributed by atoms with Gasteiger partial charge in [-0.2, -0.15) is 13.5 Å². The van der Waals surface area contributed by atoms with Crippen LogP contribution < -0.4 is 5.73 Å². The van der Waals surface area contributed by atoms with E-state index in [1.54, 1.807) is 12.4 Å². The number of rotatable bonds is 5. The second kappa shape index (κ2) is 6.34. The van der Waals surface area contributed by atoms with Crippen molar-refractivity contribution in [2.75, 3.05) is 6.54 Å². The number of urea groups is 1. The van der Waals surface area contributed by atoms with Gasteiger partial charge in [-0.05, 0) is 30.5 Å². The first-order valence-corrected chi connectivity index (χ1v) is 8.67. The first-order chi connectivity index (χ1) is 11.3.